The fourth-order valence-corrected chi connectivity index (χ4v) is 1.93. The monoisotopic (exact) mass is 307 g/mol. The van der Waals surface area contributed by atoms with Crippen molar-refractivity contribution < 1.29 is 14.6 Å². The zero-order valence-corrected chi connectivity index (χ0v) is 12.5. The van der Waals surface area contributed by atoms with Gasteiger partial charge in [0, 0.05) is 11.6 Å². The van der Waals surface area contributed by atoms with Crippen molar-refractivity contribution in [2.75, 3.05) is 25.6 Å². The summed E-state index contributed by atoms with van der Waals surface area (Å²) in [7, 11) is 1.61. The Morgan fingerprint density at radius 2 is 1.86 bits per heavy atom. The van der Waals surface area contributed by atoms with Gasteiger partial charge in [0.05, 0.1) is 12.8 Å². The zero-order valence-electron chi connectivity index (χ0n) is 11.8. The minimum absolute atomic E-state index is 0.198. The highest BCUT2D eigenvalue weighted by Crippen LogP contribution is 2.22. The molecule has 0 aliphatic rings. The molecule has 0 saturated carbocycles. The van der Waals surface area contributed by atoms with E-state index in [1.54, 1.807) is 31.4 Å². The number of para-hydroxylation sites is 2. The third kappa shape index (κ3) is 4.85. The van der Waals surface area contributed by atoms with Gasteiger partial charge in [0.15, 0.2) is 0 Å². The quantitative estimate of drug-likeness (QED) is 0.825. The molecule has 21 heavy (non-hydrogen) atoms. The Kier molecular flexibility index (Phi) is 5.72. The highest BCUT2D eigenvalue weighted by atomic mass is 35.5. The average Bonchev–Trinajstić information content (AvgIpc) is 2.52. The topological polar surface area (TPSA) is 50.7 Å². The zero-order chi connectivity index (χ0) is 15.1. The average molecular weight is 308 g/mol. The van der Waals surface area contributed by atoms with E-state index < -0.39 is 6.10 Å². The summed E-state index contributed by atoms with van der Waals surface area (Å²) in [6, 6.07) is 14.6. The van der Waals surface area contributed by atoms with Crippen LogP contribution in [0.25, 0.3) is 0 Å². The van der Waals surface area contributed by atoms with Gasteiger partial charge in [0.2, 0.25) is 0 Å². The van der Waals surface area contributed by atoms with Crippen LogP contribution in [0.1, 0.15) is 0 Å². The molecule has 1 atom stereocenters. The van der Waals surface area contributed by atoms with E-state index in [2.05, 4.69) is 5.32 Å². The molecule has 0 spiro atoms. The summed E-state index contributed by atoms with van der Waals surface area (Å²) in [5, 5.41) is 13.7. The van der Waals surface area contributed by atoms with Crippen molar-refractivity contribution in [1.29, 1.82) is 0 Å². The Bertz CT molecular complexity index is 560. The lowest BCUT2D eigenvalue weighted by Gasteiger charge is -2.15. The number of aliphatic hydroxyl groups excluding tert-OH is 1. The number of aliphatic hydroxyl groups is 1. The summed E-state index contributed by atoms with van der Waals surface area (Å²) >= 11 is 5.79. The molecule has 0 bridgehead atoms. The van der Waals surface area contributed by atoms with Gasteiger partial charge in [-0.25, -0.2) is 0 Å². The van der Waals surface area contributed by atoms with Gasteiger partial charge in [-0.3, -0.25) is 0 Å². The molecule has 2 aromatic rings. The molecule has 0 aromatic heterocycles. The minimum Gasteiger partial charge on any atom is -0.495 e. The van der Waals surface area contributed by atoms with Crippen molar-refractivity contribution in [3.05, 3.63) is 53.6 Å². The number of hydrogen-bond acceptors (Lipinski definition) is 4. The van der Waals surface area contributed by atoms with Crippen molar-refractivity contribution in [1.82, 2.24) is 0 Å². The lowest BCUT2D eigenvalue weighted by Crippen LogP contribution is -2.26. The molecular weight excluding hydrogens is 290 g/mol. The third-order valence-corrected chi connectivity index (χ3v) is 3.14. The van der Waals surface area contributed by atoms with E-state index in [1.165, 1.54) is 0 Å². The maximum absolute atomic E-state index is 9.94. The molecule has 2 rings (SSSR count). The van der Waals surface area contributed by atoms with Crippen LogP contribution in [-0.2, 0) is 0 Å². The van der Waals surface area contributed by atoms with Gasteiger partial charge in [0.1, 0.15) is 24.2 Å². The number of halogens is 1. The number of methoxy groups -OCH3 is 1. The summed E-state index contributed by atoms with van der Waals surface area (Å²) in [5.41, 5.74) is 0.838. The fourth-order valence-electron chi connectivity index (χ4n) is 1.80. The van der Waals surface area contributed by atoms with E-state index in [-0.39, 0.29) is 6.61 Å². The van der Waals surface area contributed by atoms with E-state index in [1.807, 2.05) is 24.3 Å². The maximum Gasteiger partial charge on any atom is 0.141 e. The molecule has 0 heterocycles. The van der Waals surface area contributed by atoms with Crippen LogP contribution >= 0.6 is 11.6 Å². The molecular formula is C16H18ClNO3. The molecule has 0 amide bonds. The fraction of sp³-hybridized carbons (Fsp3) is 0.250. The van der Waals surface area contributed by atoms with Crippen LogP contribution in [0.5, 0.6) is 11.5 Å². The first-order valence-electron chi connectivity index (χ1n) is 6.62. The first-order valence-corrected chi connectivity index (χ1v) is 7.00. The third-order valence-electron chi connectivity index (χ3n) is 2.89. The number of rotatable bonds is 7. The number of hydrogen-bond donors (Lipinski definition) is 2. The van der Waals surface area contributed by atoms with Gasteiger partial charge in [-0.05, 0) is 36.4 Å². The molecule has 2 aromatic carbocycles. The number of anilines is 1. The van der Waals surface area contributed by atoms with E-state index in [4.69, 9.17) is 21.1 Å². The van der Waals surface area contributed by atoms with E-state index >= 15 is 0 Å². The van der Waals surface area contributed by atoms with Gasteiger partial charge in [0.25, 0.3) is 0 Å². The molecule has 112 valence electrons. The molecule has 0 aliphatic heterocycles. The van der Waals surface area contributed by atoms with Crippen molar-refractivity contribution >= 4 is 17.3 Å². The number of nitrogens with one attached hydrogen (secondary N) is 1. The van der Waals surface area contributed by atoms with E-state index in [0.29, 0.717) is 17.3 Å². The van der Waals surface area contributed by atoms with Gasteiger partial charge >= 0.3 is 0 Å². The molecule has 2 N–H and O–H groups in total. The van der Waals surface area contributed by atoms with E-state index in [9.17, 15) is 5.11 Å². The summed E-state index contributed by atoms with van der Waals surface area (Å²) in [6.45, 7) is 0.567. The first-order chi connectivity index (χ1) is 10.2. The van der Waals surface area contributed by atoms with Gasteiger partial charge in [-0.1, -0.05) is 23.7 Å². The van der Waals surface area contributed by atoms with Crippen LogP contribution in [-0.4, -0.2) is 31.5 Å². The minimum atomic E-state index is -0.634. The summed E-state index contributed by atoms with van der Waals surface area (Å²) < 4.78 is 10.7. The molecule has 0 fully saturated rings. The summed E-state index contributed by atoms with van der Waals surface area (Å²) in [6.07, 6.45) is -0.634. The second-order valence-corrected chi connectivity index (χ2v) is 4.94. The molecule has 4 nitrogen and oxygen atoms in total. The predicted octanol–water partition coefficient (Wildman–Crippen LogP) is 3.20. The lowest BCUT2D eigenvalue weighted by atomic mass is 10.2. The van der Waals surface area contributed by atoms with Crippen molar-refractivity contribution in [2.45, 2.75) is 6.10 Å². The Morgan fingerprint density at radius 1 is 1.14 bits per heavy atom. The Hall–Kier alpha value is -1.91. The van der Waals surface area contributed by atoms with Crippen LogP contribution in [0.15, 0.2) is 48.5 Å². The number of benzene rings is 2. The van der Waals surface area contributed by atoms with Crippen LogP contribution in [0, 0.1) is 0 Å². The maximum atomic E-state index is 9.94. The Morgan fingerprint density at radius 3 is 2.57 bits per heavy atom. The SMILES string of the molecule is COc1ccccc1NCC(O)COc1ccc(Cl)cc1. The second kappa shape index (κ2) is 7.76. The van der Waals surface area contributed by atoms with Gasteiger partial charge in [-0.2, -0.15) is 0 Å². The molecule has 1 unspecified atom stereocenters. The highest BCUT2D eigenvalue weighted by Gasteiger charge is 2.07. The molecule has 0 aliphatic carbocycles. The number of ether oxygens (including phenoxy) is 2. The Balaban J connectivity index is 1.79. The Labute approximate surface area is 129 Å². The molecule has 0 radical (unpaired) electrons. The van der Waals surface area contributed by atoms with Gasteiger partial charge in [-0.15, -0.1) is 0 Å². The normalized spacial score (nSPS) is 11.8. The largest absolute Gasteiger partial charge is 0.495 e. The highest BCUT2D eigenvalue weighted by molar-refractivity contribution is 6.30. The molecule has 5 heteroatoms. The lowest BCUT2D eigenvalue weighted by molar-refractivity contribution is 0.117. The van der Waals surface area contributed by atoms with Gasteiger partial charge < -0.3 is 19.9 Å². The van der Waals surface area contributed by atoms with Crippen LogP contribution < -0.4 is 14.8 Å². The van der Waals surface area contributed by atoms with Crippen LogP contribution in [0.4, 0.5) is 5.69 Å². The van der Waals surface area contributed by atoms with E-state index in [0.717, 1.165) is 11.4 Å². The molecule has 0 saturated heterocycles. The predicted molar refractivity (Wildman–Crippen MR) is 84.4 cm³/mol. The summed E-state index contributed by atoms with van der Waals surface area (Å²) in [4.78, 5) is 0. The second-order valence-electron chi connectivity index (χ2n) is 4.50. The van der Waals surface area contributed by atoms with Crippen molar-refractivity contribution in [3.8, 4) is 11.5 Å². The standard InChI is InChI=1S/C16H18ClNO3/c1-20-16-5-3-2-4-15(16)18-10-13(19)11-21-14-8-6-12(17)7-9-14/h2-9,13,18-19H,10-11H2,1H3. The smallest absolute Gasteiger partial charge is 0.141 e. The van der Waals surface area contributed by atoms with Crippen LogP contribution in [0.3, 0.4) is 0 Å². The van der Waals surface area contributed by atoms with Crippen molar-refractivity contribution in [2.24, 2.45) is 0 Å². The summed E-state index contributed by atoms with van der Waals surface area (Å²) in [5.74, 6) is 1.42. The van der Waals surface area contributed by atoms with Crippen molar-refractivity contribution in [3.63, 3.8) is 0 Å². The van der Waals surface area contributed by atoms with Crippen LogP contribution in [0.2, 0.25) is 5.02 Å². The first kappa shape index (κ1) is 15.5.